The van der Waals surface area contributed by atoms with Crippen LogP contribution in [0.2, 0.25) is 0 Å². The Hall–Kier alpha value is -4.51. The molecule has 1 saturated heterocycles. The van der Waals surface area contributed by atoms with E-state index in [0.717, 1.165) is 31.6 Å². The number of carbonyl (C=O) groups excluding carboxylic acids is 1. The van der Waals surface area contributed by atoms with E-state index in [4.69, 9.17) is 4.74 Å². The summed E-state index contributed by atoms with van der Waals surface area (Å²) in [6, 6.07) is 12.6. The second-order valence-electron chi connectivity index (χ2n) is 9.08. The molecule has 0 radical (unpaired) electrons. The predicted octanol–water partition coefficient (Wildman–Crippen LogP) is 4.06. The van der Waals surface area contributed by atoms with Crippen LogP contribution in [0.1, 0.15) is 35.9 Å². The molecule has 0 amide bonds. The number of aromatic nitrogens is 6. The molecule has 0 spiro atoms. The van der Waals surface area contributed by atoms with Crippen molar-refractivity contribution in [3.05, 3.63) is 72.4 Å². The van der Waals surface area contributed by atoms with Crippen molar-refractivity contribution in [2.24, 2.45) is 5.92 Å². The first-order valence-corrected chi connectivity index (χ1v) is 12.6. The Balaban J connectivity index is 1.21. The molecule has 1 aliphatic rings. The first-order valence-electron chi connectivity index (χ1n) is 12.6. The van der Waals surface area contributed by atoms with E-state index in [0.29, 0.717) is 40.7 Å². The third-order valence-electron chi connectivity index (χ3n) is 6.25. The summed E-state index contributed by atoms with van der Waals surface area (Å²) in [5.41, 5.74) is 2.48. The molecular formula is C27H29N9O2. The number of ether oxygens (including phenoxy) is 1. The lowest BCUT2D eigenvalue weighted by molar-refractivity contribution is 0.0145. The minimum absolute atomic E-state index is 0.146. The Labute approximate surface area is 220 Å². The Morgan fingerprint density at radius 3 is 2.50 bits per heavy atom. The SMILES string of the molecule is Cc1cccc(-c2nccc(Nc3ccnc(Nc4ccc(C(=O)O[C@H](C)C5CCNCC5)nc4)n3)n2)n1. The van der Waals surface area contributed by atoms with Crippen LogP contribution in [0.3, 0.4) is 0 Å². The van der Waals surface area contributed by atoms with Crippen LogP contribution >= 0.6 is 0 Å². The van der Waals surface area contributed by atoms with Crippen molar-refractivity contribution in [3.8, 4) is 11.5 Å². The van der Waals surface area contributed by atoms with Gasteiger partial charge < -0.3 is 20.7 Å². The highest BCUT2D eigenvalue weighted by Gasteiger charge is 2.24. The number of piperidine rings is 1. The highest BCUT2D eigenvalue weighted by molar-refractivity contribution is 5.87. The molecule has 0 bridgehead atoms. The van der Waals surface area contributed by atoms with E-state index >= 15 is 0 Å². The lowest BCUT2D eigenvalue weighted by Gasteiger charge is -2.27. The van der Waals surface area contributed by atoms with Gasteiger partial charge in [-0.05, 0) is 82.1 Å². The van der Waals surface area contributed by atoms with Crippen LogP contribution in [-0.4, -0.2) is 55.1 Å². The molecule has 0 saturated carbocycles. The van der Waals surface area contributed by atoms with Gasteiger partial charge in [0.1, 0.15) is 29.1 Å². The monoisotopic (exact) mass is 511 g/mol. The average Bonchev–Trinajstić information content (AvgIpc) is 2.94. The molecule has 4 aromatic heterocycles. The number of hydrogen-bond acceptors (Lipinski definition) is 11. The normalized spacial score (nSPS) is 14.5. The van der Waals surface area contributed by atoms with Crippen LogP contribution in [0, 0.1) is 12.8 Å². The molecule has 194 valence electrons. The largest absolute Gasteiger partial charge is 0.458 e. The van der Waals surface area contributed by atoms with E-state index in [1.807, 2.05) is 32.0 Å². The fourth-order valence-electron chi connectivity index (χ4n) is 4.20. The van der Waals surface area contributed by atoms with Gasteiger partial charge >= 0.3 is 5.97 Å². The summed E-state index contributed by atoms with van der Waals surface area (Å²) in [7, 11) is 0. The quantitative estimate of drug-likeness (QED) is 0.295. The molecular weight excluding hydrogens is 482 g/mol. The molecule has 11 nitrogen and oxygen atoms in total. The molecule has 1 fully saturated rings. The number of esters is 1. The molecule has 3 N–H and O–H groups in total. The van der Waals surface area contributed by atoms with Gasteiger partial charge in [0.05, 0.1) is 11.9 Å². The number of pyridine rings is 2. The van der Waals surface area contributed by atoms with Crippen LogP contribution < -0.4 is 16.0 Å². The maximum absolute atomic E-state index is 12.5. The number of aryl methyl sites for hydroxylation is 1. The zero-order valence-corrected chi connectivity index (χ0v) is 21.3. The first kappa shape index (κ1) is 25.2. The van der Waals surface area contributed by atoms with E-state index in [2.05, 4.69) is 45.9 Å². The molecule has 5 heterocycles. The van der Waals surface area contributed by atoms with Gasteiger partial charge in [0.25, 0.3) is 0 Å². The maximum atomic E-state index is 12.5. The van der Waals surface area contributed by atoms with Crippen molar-refractivity contribution in [1.29, 1.82) is 0 Å². The summed E-state index contributed by atoms with van der Waals surface area (Å²) in [5, 5.41) is 9.60. The number of nitrogens with one attached hydrogen (secondary N) is 3. The van der Waals surface area contributed by atoms with E-state index < -0.39 is 5.97 Å². The fraction of sp³-hybridized carbons (Fsp3) is 0.296. The van der Waals surface area contributed by atoms with Crippen molar-refractivity contribution in [2.45, 2.75) is 32.8 Å². The van der Waals surface area contributed by atoms with Crippen molar-refractivity contribution in [3.63, 3.8) is 0 Å². The van der Waals surface area contributed by atoms with Crippen molar-refractivity contribution >= 4 is 29.2 Å². The topological polar surface area (TPSA) is 140 Å². The minimum atomic E-state index is -0.421. The number of nitrogens with zero attached hydrogens (tertiary/aromatic N) is 6. The van der Waals surface area contributed by atoms with Crippen molar-refractivity contribution in [1.82, 2.24) is 35.2 Å². The molecule has 1 atom stereocenters. The zero-order chi connectivity index (χ0) is 26.3. The van der Waals surface area contributed by atoms with Crippen LogP contribution in [0.25, 0.3) is 11.5 Å². The smallest absolute Gasteiger partial charge is 0.357 e. The second kappa shape index (κ2) is 11.7. The summed E-state index contributed by atoms with van der Waals surface area (Å²) in [6.07, 6.45) is 6.71. The number of rotatable bonds is 8. The number of carbonyl (C=O) groups is 1. The standard InChI is InChI=1S/C27H29N9O2/c1-17-4-3-5-21(32-17)25-29-14-10-23(35-25)34-24-11-15-30-27(36-24)33-20-6-7-22(31-16-20)26(37)38-18(2)19-8-12-28-13-9-19/h3-7,10-11,14-16,18-19,28H,8-9,12-13H2,1-2H3,(H2,29,30,33,34,35,36)/t18-/m1/s1. The van der Waals surface area contributed by atoms with Crippen molar-refractivity contribution < 1.29 is 9.53 Å². The Morgan fingerprint density at radius 2 is 1.74 bits per heavy atom. The lowest BCUT2D eigenvalue weighted by Crippen LogP contribution is -2.35. The van der Waals surface area contributed by atoms with Gasteiger partial charge in [0.2, 0.25) is 5.95 Å². The Bertz CT molecular complexity index is 1390. The molecule has 4 aromatic rings. The van der Waals surface area contributed by atoms with Gasteiger partial charge in [-0.1, -0.05) is 6.07 Å². The maximum Gasteiger partial charge on any atom is 0.357 e. The fourth-order valence-corrected chi connectivity index (χ4v) is 4.20. The molecule has 38 heavy (non-hydrogen) atoms. The Morgan fingerprint density at radius 1 is 0.947 bits per heavy atom. The van der Waals surface area contributed by atoms with Crippen LogP contribution in [0.15, 0.2) is 61.1 Å². The molecule has 0 aliphatic carbocycles. The highest BCUT2D eigenvalue weighted by Crippen LogP contribution is 2.21. The first-order chi connectivity index (χ1) is 18.5. The zero-order valence-electron chi connectivity index (χ0n) is 21.3. The second-order valence-corrected chi connectivity index (χ2v) is 9.08. The van der Waals surface area contributed by atoms with E-state index in [9.17, 15) is 4.79 Å². The number of anilines is 4. The highest BCUT2D eigenvalue weighted by atomic mass is 16.5. The van der Waals surface area contributed by atoms with Gasteiger partial charge in [-0.15, -0.1) is 0 Å². The van der Waals surface area contributed by atoms with E-state index in [1.54, 1.807) is 42.9 Å². The van der Waals surface area contributed by atoms with E-state index in [1.165, 1.54) is 0 Å². The summed E-state index contributed by atoms with van der Waals surface area (Å²) >= 11 is 0. The third kappa shape index (κ3) is 6.43. The molecule has 11 heteroatoms. The van der Waals surface area contributed by atoms with Crippen LogP contribution in [0.4, 0.5) is 23.3 Å². The lowest BCUT2D eigenvalue weighted by atomic mass is 9.93. The summed E-state index contributed by atoms with van der Waals surface area (Å²) < 4.78 is 5.65. The van der Waals surface area contributed by atoms with Gasteiger partial charge in [-0.2, -0.15) is 4.98 Å². The summed E-state index contributed by atoms with van der Waals surface area (Å²) in [6.45, 7) is 5.78. The van der Waals surface area contributed by atoms with Gasteiger partial charge in [-0.3, -0.25) is 0 Å². The summed E-state index contributed by atoms with van der Waals surface area (Å²) in [5.74, 6) is 1.94. The Kier molecular flexibility index (Phi) is 7.74. The van der Waals surface area contributed by atoms with Gasteiger partial charge in [-0.25, -0.2) is 29.7 Å². The van der Waals surface area contributed by atoms with Gasteiger partial charge in [0.15, 0.2) is 5.82 Å². The van der Waals surface area contributed by atoms with E-state index in [-0.39, 0.29) is 11.8 Å². The molecule has 5 rings (SSSR count). The third-order valence-corrected chi connectivity index (χ3v) is 6.25. The average molecular weight is 512 g/mol. The molecule has 0 aromatic carbocycles. The predicted molar refractivity (Wildman–Crippen MR) is 143 cm³/mol. The van der Waals surface area contributed by atoms with Gasteiger partial charge in [0, 0.05) is 18.1 Å². The molecule has 1 aliphatic heterocycles. The molecule has 0 unspecified atom stereocenters. The number of hydrogen-bond donors (Lipinski definition) is 3. The minimum Gasteiger partial charge on any atom is -0.458 e. The summed E-state index contributed by atoms with van der Waals surface area (Å²) in [4.78, 5) is 38.9. The van der Waals surface area contributed by atoms with Crippen LogP contribution in [0.5, 0.6) is 0 Å². The van der Waals surface area contributed by atoms with Crippen molar-refractivity contribution in [2.75, 3.05) is 23.7 Å². The van der Waals surface area contributed by atoms with Crippen LogP contribution in [-0.2, 0) is 4.74 Å².